The number of anilines is 5. The second kappa shape index (κ2) is 12.6. The first-order chi connectivity index (χ1) is 21.9. The molecule has 7 aromatic rings. The van der Waals surface area contributed by atoms with E-state index in [1.807, 2.05) is 0 Å². The van der Waals surface area contributed by atoms with Gasteiger partial charge in [0.1, 0.15) is 0 Å². The lowest BCUT2D eigenvalue weighted by Gasteiger charge is -2.29. The molecule has 0 aromatic heterocycles. The number of hydrogen-bond donors (Lipinski definition) is 1. The van der Waals surface area contributed by atoms with Crippen molar-refractivity contribution in [1.82, 2.24) is 0 Å². The van der Waals surface area contributed by atoms with Crippen LogP contribution in [0.15, 0.2) is 188 Å². The van der Waals surface area contributed by atoms with Gasteiger partial charge < -0.3 is 10.2 Å². The van der Waals surface area contributed by atoms with Crippen molar-refractivity contribution in [3.63, 3.8) is 0 Å². The number of nitrogens with zero attached hydrogens (tertiary/aromatic N) is 1. The Morgan fingerprint density at radius 2 is 0.750 bits per heavy atom. The van der Waals surface area contributed by atoms with Gasteiger partial charge in [0.15, 0.2) is 0 Å². The molecule has 0 aliphatic rings. The molecule has 1 N–H and O–H groups in total. The van der Waals surface area contributed by atoms with Crippen LogP contribution in [0.3, 0.4) is 0 Å². The molecule has 44 heavy (non-hydrogen) atoms. The molecule has 0 atom stereocenters. The van der Waals surface area contributed by atoms with Crippen LogP contribution in [0.1, 0.15) is 0 Å². The van der Waals surface area contributed by atoms with Crippen LogP contribution < -0.4 is 10.2 Å². The lowest BCUT2D eigenvalue weighted by molar-refractivity contribution is 1.28. The van der Waals surface area contributed by atoms with E-state index in [0.29, 0.717) is 0 Å². The number of rotatable bonds is 8. The topological polar surface area (TPSA) is 15.3 Å². The zero-order valence-corrected chi connectivity index (χ0v) is 24.3. The first-order valence-corrected chi connectivity index (χ1v) is 15.0. The minimum atomic E-state index is 1.01. The van der Waals surface area contributed by atoms with E-state index < -0.39 is 0 Å². The highest BCUT2D eigenvalue weighted by Gasteiger charge is 2.21. The average Bonchev–Trinajstić information content (AvgIpc) is 3.11. The van der Waals surface area contributed by atoms with Gasteiger partial charge in [-0.2, -0.15) is 0 Å². The van der Waals surface area contributed by atoms with Gasteiger partial charge in [-0.25, -0.2) is 0 Å². The minimum Gasteiger partial charge on any atom is -0.353 e. The molecule has 210 valence electrons. The fraction of sp³-hybridized carbons (Fsp3) is 0. The summed E-state index contributed by atoms with van der Waals surface area (Å²) in [5.41, 5.74) is 12.3. The summed E-state index contributed by atoms with van der Waals surface area (Å²) in [5.74, 6) is 0. The Morgan fingerprint density at radius 3 is 1.30 bits per heavy atom. The second-order valence-corrected chi connectivity index (χ2v) is 10.7. The van der Waals surface area contributed by atoms with Gasteiger partial charge in [-0.1, -0.05) is 152 Å². The van der Waals surface area contributed by atoms with Crippen LogP contribution >= 0.6 is 0 Å². The van der Waals surface area contributed by atoms with Gasteiger partial charge in [-0.3, -0.25) is 0 Å². The van der Waals surface area contributed by atoms with Crippen LogP contribution in [-0.2, 0) is 0 Å². The normalized spacial score (nSPS) is 10.7. The Bertz CT molecular complexity index is 1910. The predicted molar refractivity (Wildman–Crippen MR) is 187 cm³/mol. The monoisotopic (exact) mass is 564 g/mol. The summed E-state index contributed by atoms with van der Waals surface area (Å²) >= 11 is 0. The smallest absolute Gasteiger partial charge is 0.0696 e. The molecule has 0 heterocycles. The Hall–Kier alpha value is -5.86. The van der Waals surface area contributed by atoms with E-state index in [2.05, 4.69) is 198 Å². The maximum atomic E-state index is 4.00. The van der Waals surface area contributed by atoms with Crippen LogP contribution in [0.2, 0.25) is 0 Å². The summed E-state index contributed by atoms with van der Waals surface area (Å²) in [6.45, 7) is 0. The first-order valence-electron chi connectivity index (χ1n) is 15.0. The van der Waals surface area contributed by atoms with Crippen molar-refractivity contribution in [3.05, 3.63) is 188 Å². The summed E-state index contributed by atoms with van der Waals surface area (Å²) in [6, 6.07) is 66.2. The fourth-order valence-electron chi connectivity index (χ4n) is 5.84. The van der Waals surface area contributed by atoms with Crippen LogP contribution in [0.4, 0.5) is 28.4 Å². The fourth-order valence-corrected chi connectivity index (χ4v) is 5.84. The highest BCUT2D eigenvalue weighted by atomic mass is 15.2. The molecule has 7 rings (SSSR count). The highest BCUT2D eigenvalue weighted by molar-refractivity contribution is 6.02. The standard InChI is InChI=1S/C42H32N2/c1-6-18-32(19-7-1)37-30-31-38(33-20-8-2-9-21-33)42(41(37)34-22-10-3-11-23-34)43-39-28-16-17-29-40(39)44(35-24-12-4-13-25-35)36-26-14-5-15-27-36/h1-31,43H. The molecule has 2 heteroatoms. The lowest BCUT2D eigenvalue weighted by atomic mass is 9.88. The van der Waals surface area contributed by atoms with Crippen molar-refractivity contribution in [1.29, 1.82) is 0 Å². The molecule has 0 bridgehead atoms. The molecule has 0 saturated carbocycles. The summed E-state index contributed by atoms with van der Waals surface area (Å²) in [7, 11) is 0. The largest absolute Gasteiger partial charge is 0.353 e. The number of nitrogens with one attached hydrogen (secondary N) is 1. The van der Waals surface area contributed by atoms with Crippen molar-refractivity contribution in [2.45, 2.75) is 0 Å². The Balaban J connectivity index is 1.48. The molecular formula is C42H32N2. The molecule has 0 saturated heterocycles. The van der Waals surface area contributed by atoms with Crippen molar-refractivity contribution in [2.24, 2.45) is 0 Å². The van der Waals surface area contributed by atoms with Crippen molar-refractivity contribution >= 4 is 28.4 Å². The lowest BCUT2D eigenvalue weighted by Crippen LogP contribution is -2.12. The Labute approximate surface area is 259 Å². The van der Waals surface area contributed by atoms with Crippen LogP contribution in [-0.4, -0.2) is 0 Å². The summed E-state index contributed by atoms with van der Waals surface area (Å²) in [4.78, 5) is 2.31. The quantitative estimate of drug-likeness (QED) is 0.197. The molecule has 0 radical (unpaired) electrons. The molecule has 0 spiro atoms. The van der Waals surface area contributed by atoms with Gasteiger partial charge in [-0.05, 0) is 58.7 Å². The van der Waals surface area contributed by atoms with Gasteiger partial charge in [0.25, 0.3) is 0 Å². The molecule has 0 aliphatic heterocycles. The third-order valence-electron chi connectivity index (χ3n) is 7.87. The number of hydrogen-bond acceptors (Lipinski definition) is 2. The van der Waals surface area contributed by atoms with Crippen molar-refractivity contribution < 1.29 is 0 Å². The molecular weight excluding hydrogens is 532 g/mol. The van der Waals surface area contributed by atoms with E-state index in [-0.39, 0.29) is 0 Å². The van der Waals surface area contributed by atoms with E-state index in [0.717, 1.165) is 45.1 Å². The second-order valence-electron chi connectivity index (χ2n) is 10.7. The van der Waals surface area contributed by atoms with Crippen LogP contribution in [0, 0.1) is 0 Å². The first kappa shape index (κ1) is 27.0. The predicted octanol–water partition coefficient (Wildman–Crippen LogP) is 11.9. The van der Waals surface area contributed by atoms with E-state index in [9.17, 15) is 0 Å². The summed E-state index contributed by atoms with van der Waals surface area (Å²) < 4.78 is 0. The SMILES string of the molecule is c1ccc(-c2ccc(-c3ccccc3)c(-c3ccccc3)c2Nc2ccccc2N(c2ccccc2)c2ccccc2)cc1. The number of para-hydroxylation sites is 4. The molecule has 0 aliphatic carbocycles. The minimum absolute atomic E-state index is 1.01. The van der Waals surface area contributed by atoms with Crippen molar-refractivity contribution in [2.75, 3.05) is 10.2 Å². The third kappa shape index (κ3) is 5.49. The van der Waals surface area contributed by atoms with E-state index in [1.54, 1.807) is 0 Å². The summed E-state index contributed by atoms with van der Waals surface area (Å²) in [5, 5.41) is 4.00. The molecule has 0 amide bonds. The van der Waals surface area contributed by atoms with Crippen LogP contribution in [0.5, 0.6) is 0 Å². The highest BCUT2D eigenvalue weighted by Crippen LogP contribution is 2.47. The molecule has 2 nitrogen and oxygen atoms in total. The Kier molecular flexibility index (Phi) is 7.71. The zero-order valence-electron chi connectivity index (χ0n) is 24.3. The van der Waals surface area contributed by atoms with Crippen LogP contribution in [0.25, 0.3) is 33.4 Å². The van der Waals surface area contributed by atoms with Crippen molar-refractivity contribution in [3.8, 4) is 33.4 Å². The van der Waals surface area contributed by atoms with E-state index >= 15 is 0 Å². The van der Waals surface area contributed by atoms with Gasteiger partial charge in [-0.15, -0.1) is 0 Å². The summed E-state index contributed by atoms with van der Waals surface area (Å²) in [6.07, 6.45) is 0. The molecule has 7 aromatic carbocycles. The van der Waals surface area contributed by atoms with Gasteiger partial charge in [0.05, 0.1) is 17.1 Å². The maximum absolute atomic E-state index is 4.00. The molecule has 0 fully saturated rings. The zero-order chi connectivity index (χ0) is 29.6. The number of benzene rings is 7. The van der Waals surface area contributed by atoms with Gasteiger partial charge >= 0.3 is 0 Å². The van der Waals surface area contributed by atoms with E-state index in [1.165, 1.54) is 16.7 Å². The van der Waals surface area contributed by atoms with Gasteiger partial charge in [0, 0.05) is 22.5 Å². The average molecular weight is 565 g/mol. The maximum Gasteiger partial charge on any atom is 0.0696 e. The van der Waals surface area contributed by atoms with E-state index in [4.69, 9.17) is 0 Å². The Morgan fingerprint density at radius 1 is 0.341 bits per heavy atom. The third-order valence-corrected chi connectivity index (χ3v) is 7.87. The molecule has 0 unspecified atom stereocenters. The van der Waals surface area contributed by atoms with Gasteiger partial charge in [0.2, 0.25) is 0 Å².